The third kappa shape index (κ3) is 4.98. The minimum absolute atomic E-state index is 0.358. The predicted octanol–water partition coefficient (Wildman–Crippen LogP) is 2.51. The number of hydrogen-bond acceptors (Lipinski definition) is 5. The van der Waals surface area contributed by atoms with Gasteiger partial charge in [-0.05, 0) is 42.6 Å². The fraction of sp³-hybridized carbons (Fsp3) is 0.500. The zero-order chi connectivity index (χ0) is 15.7. The number of azide groups is 1. The van der Waals surface area contributed by atoms with E-state index in [9.17, 15) is 4.79 Å². The second-order valence-electron chi connectivity index (χ2n) is 4.45. The smallest absolute Gasteiger partial charge is 0.327 e. The number of nitrogens with zero attached hydrogens (tertiary/aromatic N) is 3. The number of hydrogen-bond donors (Lipinski definition) is 1. The van der Waals surface area contributed by atoms with E-state index in [1.807, 2.05) is 25.1 Å². The average molecular weight is 292 g/mol. The topological polar surface area (TPSA) is 96.3 Å². The summed E-state index contributed by atoms with van der Waals surface area (Å²) in [5, 5.41) is 6.56. The highest BCUT2D eigenvalue weighted by atomic mass is 16.5. The molecule has 0 aliphatic rings. The van der Waals surface area contributed by atoms with E-state index in [0.29, 0.717) is 19.5 Å². The van der Waals surface area contributed by atoms with Crippen molar-refractivity contribution < 1.29 is 14.3 Å². The van der Waals surface area contributed by atoms with E-state index in [4.69, 9.17) is 15.0 Å². The molecule has 0 aromatic heterocycles. The van der Waals surface area contributed by atoms with Gasteiger partial charge in [-0.15, -0.1) is 0 Å². The number of benzene rings is 1. The molecule has 1 atom stereocenters. The Kier molecular flexibility index (Phi) is 7.08. The summed E-state index contributed by atoms with van der Waals surface area (Å²) in [6, 6.07) is 4.99. The Hall–Kier alpha value is -2.24. The van der Waals surface area contributed by atoms with Gasteiger partial charge in [0.15, 0.2) is 0 Å². The van der Waals surface area contributed by atoms with Crippen LogP contribution in [0.15, 0.2) is 23.3 Å². The van der Waals surface area contributed by atoms with E-state index in [2.05, 4.69) is 15.3 Å². The number of rotatable bonds is 8. The fourth-order valence-corrected chi connectivity index (χ4v) is 1.98. The van der Waals surface area contributed by atoms with E-state index in [1.165, 1.54) is 7.11 Å². The number of esters is 1. The molecule has 21 heavy (non-hydrogen) atoms. The molecule has 1 rings (SSSR count). The Labute approximate surface area is 123 Å². The largest absolute Gasteiger partial charge is 0.496 e. The monoisotopic (exact) mass is 292 g/mol. The van der Waals surface area contributed by atoms with Crippen LogP contribution in [0.3, 0.4) is 0 Å². The molecule has 0 aliphatic carbocycles. The van der Waals surface area contributed by atoms with Crippen molar-refractivity contribution in [3.8, 4) is 5.75 Å². The van der Waals surface area contributed by atoms with Gasteiger partial charge in [0.1, 0.15) is 11.8 Å². The zero-order valence-corrected chi connectivity index (χ0v) is 12.5. The van der Waals surface area contributed by atoms with Crippen molar-refractivity contribution in [2.75, 3.05) is 27.3 Å². The lowest BCUT2D eigenvalue weighted by Gasteiger charge is -2.18. The van der Waals surface area contributed by atoms with Gasteiger partial charge in [-0.1, -0.05) is 17.2 Å². The van der Waals surface area contributed by atoms with Gasteiger partial charge in [0.25, 0.3) is 0 Å². The van der Waals surface area contributed by atoms with Gasteiger partial charge in [-0.2, -0.15) is 0 Å². The molecule has 114 valence electrons. The van der Waals surface area contributed by atoms with Gasteiger partial charge in [-0.25, -0.2) is 4.79 Å². The highest BCUT2D eigenvalue weighted by molar-refractivity contribution is 5.77. The normalized spacial score (nSPS) is 11.4. The lowest BCUT2D eigenvalue weighted by atomic mass is 10.0. The number of carbonyl (C=O) groups excluding carboxylic acids is 1. The van der Waals surface area contributed by atoms with Crippen LogP contribution < -0.4 is 10.1 Å². The maximum Gasteiger partial charge on any atom is 0.327 e. The van der Waals surface area contributed by atoms with Crippen LogP contribution in [-0.2, 0) is 9.53 Å². The van der Waals surface area contributed by atoms with E-state index < -0.39 is 6.04 Å². The summed E-state index contributed by atoms with van der Waals surface area (Å²) in [7, 11) is 2.96. The highest BCUT2D eigenvalue weighted by Gasteiger charge is 2.21. The summed E-state index contributed by atoms with van der Waals surface area (Å²) in [4.78, 5) is 14.6. The Morgan fingerprint density at radius 1 is 1.48 bits per heavy atom. The van der Waals surface area contributed by atoms with Crippen LogP contribution in [0, 0.1) is 6.92 Å². The summed E-state index contributed by atoms with van der Waals surface area (Å²) in [6.45, 7) is 2.85. The Balaban J connectivity index is 2.79. The Morgan fingerprint density at radius 3 is 2.81 bits per heavy atom. The molecule has 7 nitrogen and oxygen atoms in total. The van der Waals surface area contributed by atoms with Crippen molar-refractivity contribution in [3.05, 3.63) is 39.8 Å². The number of aryl methyl sites for hydroxylation is 1. The molecule has 1 aromatic carbocycles. The van der Waals surface area contributed by atoms with Crippen LogP contribution in [0.25, 0.3) is 10.4 Å². The van der Waals surface area contributed by atoms with Gasteiger partial charge in [0.05, 0.1) is 14.2 Å². The molecular weight excluding hydrogens is 272 g/mol. The molecule has 0 saturated carbocycles. The molecule has 1 aromatic rings. The maximum absolute atomic E-state index is 11.9. The van der Waals surface area contributed by atoms with Crippen LogP contribution in [0.1, 0.15) is 23.6 Å². The van der Waals surface area contributed by atoms with E-state index >= 15 is 0 Å². The molecular formula is C14H20N4O3. The van der Waals surface area contributed by atoms with E-state index in [1.54, 1.807) is 7.11 Å². The molecule has 1 unspecified atom stereocenters. The summed E-state index contributed by atoms with van der Waals surface area (Å²) >= 11 is 0. The molecule has 1 N–H and O–H groups in total. The molecule has 0 amide bonds. The first kappa shape index (κ1) is 16.8. The van der Waals surface area contributed by atoms with Gasteiger partial charge < -0.3 is 14.8 Å². The fourth-order valence-electron chi connectivity index (χ4n) is 1.98. The van der Waals surface area contributed by atoms with Crippen molar-refractivity contribution >= 4 is 5.97 Å². The van der Waals surface area contributed by atoms with Gasteiger partial charge in [0, 0.05) is 11.5 Å². The summed E-state index contributed by atoms with van der Waals surface area (Å²) in [6.07, 6.45) is 0.646. The zero-order valence-electron chi connectivity index (χ0n) is 12.5. The third-order valence-corrected chi connectivity index (χ3v) is 3.04. The van der Waals surface area contributed by atoms with E-state index in [-0.39, 0.29) is 5.97 Å². The minimum Gasteiger partial charge on any atom is -0.496 e. The molecule has 0 aliphatic heterocycles. The summed E-state index contributed by atoms with van der Waals surface area (Å²) < 4.78 is 10.0. The first-order valence-electron chi connectivity index (χ1n) is 6.60. The average Bonchev–Trinajstić information content (AvgIpc) is 2.50. The molecule has 0 bridgehead atoms. The van der Waals surface area contributed by atoms with Crippen LogP contribution in [-0.4, -0.2) is 33.3 Å². The van der Waals surface area contributed by atoms with Crippen LogP contribution in [0.4, 0.5) is 0 Å². The molecule has 0 heterocycles. The molecule has 0 radical (unpaired) electrons. The van der Waals surface area contributed by atoms with Crippen molar-refractivity contribution in [1.82, 2.24) is 5.32 Å². The third-order valence-electron chi connectivity index (χ3n) is 3.04. The maximum atomic E-state index is 11.9. The number of nitrogens with one attached hydrogen (secondary N) is 1. The second kappa shape index (κ2) is 8.84. The Bertz CT molecular complexity index is 527. The summed E-state index contributed by atoms with van der Waals surface area (Å²) in [5.74, 6) is 0.411. The first-order valence-corrected chi connectivity index (χ1v) is 6.60. The van der Waals surface area contributed by atoms with Crippen LogP contribution in [0.2, 0.25) is 0 Å². The molecule has 7 heteroatoms. The lowest BCUT2D eigenvalue weighted by molar-refractivity contribution is -0.143. The minimum atomic E-state index is -0.550. The molecule has 0 spiro atoms. The molecule has 0 saturated heterocycles. The van der Waals surface area contributed by atoms with Gasteiger partial charge in [-0.3, -0.25) is 0 Å². The van der Waals surface area contributed by atoms with Crippen molar-refractivity contribution in [1.29, 1.82) is 0 Å². The standard InChI is InChI=1S/C14H20N4O3/c1-10-9-11(5-6-12(10)20-2)13(14(19)21-3)16-7-4-8-17-18-15/h5-6,9,13,16H,4,7-8H2,1-3H3. The van der Waals surface area contributed by atoms with Crippen molar-refractivity contribution in [2.45, 2.75) is 19.4 Å². The quantitative estimate of drug-likeness (QED) is 0.262. The SMILES string of the molecule is COC(=O)C(NCCCN=[N+]=[N-])c1ccc(OC)c(C)c1. The number of ether oxygens (including phenoxy) is 2. The second-order valence-corrected chi connectivity index (χ2v) is 4.45. The Morgan fingerprint density at radius 2 is 2.24 bits per heavy atom. The number of carbonyl (C=O) groups is 1. The molecule has 0 fully saturated rings. The number of methoxy groups -OCH3 is 2. The van der Waals surface area contributed by atoms with Gasteiger partial charge >= 0.3 is 5.97 Å². The lowest BCUT2D eigenvalue weighted by Crippen LogP contribution is -2.30. The van der Waals surface area contributed by atoms with Crippen LogP contribution in [0.5, 0.6) is 5.75 Å². The van der Waals surface area contributed by atoms with Crippen molar-refractivity contribution in [2.24, 2.45) is 5.11 Å². The highest BCUT2D eigenvalue weighted by Crippen LogP contribution is 2.23. The predicted molar refractivity (Wildman–Crippen MR) is 79.1 cm³/mol. The van der Waals surface area contributed by atoms with Crippen LogP contribution >= 0.6 is 0 Å². The van der Waals surface area contributed by atoms with E-state index in [0.717, 1.165) is 16.9 Å². The van der Waals surface area contributed by atoms with Crippen molar-refractivity contribution in [3.63, 3.8) is 0 Å². The first-order chi connectivity index (χ1) is 10.1. The summed E-state index contributed by atoms with van der Waals surface area (Å²) in [5.41, 5.74) is 9.96. The van der Waals surface area contributed by atoms with Gasteiger partial charge in [0.2, 0.25) is 0 Å².